The lowest BCUT2D eigenvalue weighted by Crippen LogP contribution is -2.25. The van der Waals surface area contributed by atoms with Crippen LogP contribution >= 0.6 is 11.6 Å². The van der Waals surface area contributed by atoms with Gasteiger partial charge in [-0.05, 0) is 63.2 Å². The second-order valence-electron chi connectivity index (χ2n) is 7.36. The highest BCUT2D eigenvalue weighted by Gasteiger charge is 2.20. The Balaban J connectivity index is 1.76. The summed E-state index contributed by atoms with van der Waals surface area (Å²) in [5, 5.41) is 7.20. The van der Waals surface area contributed by atoms with E-state index in [1.807, 2.05) is 19.9 Å². The van der Waals surface area contributed by atoms with E-state index in [2.05, 4.69) is 19.9 Å². The molecule has 11 heteroatoms. The Bertz CT molecular complexity index is 1320. The van der Waals surface area contributed by atoms with E-state index in [0.29, 0.717) is 5.69 Å². The third kappa shape index (κ3) is 5.52. The number of rotatable bonds is 7. The number of sulfonamides is 1. The van der Waals surface area contributed by atoms with Crippen LogP contribution in [-0.4, -0.2) is 37.2 Å². The zero-order chi connectivity index (χ0) is 24.3. The van der Waals surface area contributed by atoms with E-state index in [1.54, 1.807) is 11.6 Å². The maximum absolute atomic E-state index is 12.7. The number of halogens is 1. The molecule has 0 aliphatic carbocycles. The van der Waals surface area contributed by atoms with Crippen molar-refractivity contribution in [3.8, 4) is 0 Å². The van der Waals surface area contributed by atoms with Crippen LogP contribution in [0, 0.1) is 13.8 Å². The predicted molar refractivity (Wildman–Crippen MR) is 125 cm³/mol. The summed E-state index contributed by atoms with van der Waals surface area (Å²) < 4.78 is 34.1. The monoisotopic (exact) mass is 490 g/mol. The molecule has 0 radical (unpaired) electrons. The van der Waals surface area contributed by atoms with Crippen molar-refractivity contribution >= 4 is 44.9 Å². The standard InChI is InChI=1S/C22H23ClN4O5S/c1-13-10-14(2)27(25-13)15(3)21(28)24-20-9-8-17(12-19(20)23)26-33(30,31)18-7-5-6-16(11-18)22(29)32-4/h5-12,15,26H,1-4H3,(H,24,28). The first-order valence-corrected chi connectivity index (χ1v) is 11.7. The molecule has 2 aromatic carbocycles. The fourth-order valence-electron chi connectivity index (χ4n) is 3.19. The molecule has 174 valence electrons. The van der Waals surface area contributed by atoms with Crippen molar-refractivity contribution in [3.63, 3.8) is 0 Å². The molecule has 0 fully saturated rings. The van der Waals surface area contributed by atoms with Gasteiger partial charge in [-0.25, -0.2) is 13.2 Å². The van der Waals surface area contributed by atoms with Crippen molar-refractivity contribution in [2.45, 2.75) is 31.7 Å². The van der Waals surface area contributed by atoms with E-state index >= 15 is 0 Å². The van der Waals surface area contributed by atoms with Crippen molar-refractivity contribution in [1.29, 1.82) is 0 Å². The molecule has 1 heterocycles. The van der Waals surface area contributed by atoms with Crippen LogP contribution in [0.15, 0.2) is 53.4 Å². The Labute approximate surface area is 196 Å². The molecule has 3 aromatic rings. The first kappa shape index (κ1) is 24.3. The van der Waals surface area contributed by atoms with E-state index in [0.717, 1.165) is 11.4 Å². The van der Waals surface area contributed by atoms with Gasteiger partial charge in [-0.15, -0.1) is 0 Å². The van der Waals surface area contributed by atoms with Crippen molar-refractivity contribution in [2.75, 3.05) is 17.1 Å². The van der Waals surface area contributed by atoms with Crippen LogP contribution in [0.3, 0.4) is 0 Å². The van der Waals surface area contributed by atoms with E-state index < -0.39 is 22.0 Å². The van der Waals surface area contributed by atoms with E-state index in [1.165, 1.54) is 49.6 Å². The van der Waals surface area contributed by atoms with Gasteiger partial charge in [0.15, 0.2) is 0 Å². The molecule has 0 saturated carbocycles. The molecular weight excluding hydrogens is 468 g/mol. The van der Waals surface area contributed by atoms with Crippen molar-refractivity contribution in [1.82, 2.24) is 9.78 Å². The van der Waals surface area contributed by atoms with Gasteiger partial charge in [0, 0.05) is 5.69 Å². The van der Waals surface area contributed by atoms with Gasteiger partial charge in [-0.1, -0.05) is 17.7 Å². The molecule has 0 bridgehead atoms. The minimum Gasteiger partial charge on any atom is -0.465 e. The number of hydrogen-bond donors (Lipinski definition) is 2. The Morgan fingerprint density at radius 1 is 1.12 bits per heavy atom. The molecule has 33 heavy (non-hydrogen) atoms. The predicted octanol–water partition coefficient (Wildman–Crippen LogP) is 3.94. The van der Waals surface area contributed by atoms with Gasteiger partial charge in [0.05, 0.1) is 39.7 Å². The number of ether oxygens (including phenoxy) is 1. The van der Waals surface area contributed by atoms with Gasteiger partial charge in [-0.3, -0.25) is 14.2 Å². The Kier molecular flexibility index (Phi) is 7.09. The number of amides is 1. The molecule has 0 aliphatic rings. The van der Waals surface area contributed by atoms with Crippen LogP contribution in [0.2, 0.25) is 5.02 Å². The highest BCUT2D eigenvalue weighted by molar-refractivity contribution is 7.92. The number of nitrogens with zero attached hydrogens (tertiary/aromatic N) is 2. The fourth-order valence-corrected chi connectivity index (χ4v) is 4.51. The zero-order valence-corrected chi connectivity index (χ0v) is 20.0. The molecule has 1 atom stereocenters. The van der Waals surface area contributed by atoms with E-state index in [4.69, 9.17) is 11.6 Å². The lowest BCUT2D eigenvalue weighted by Gasteiger charge is -2.16. The summed E-state index contributed by atoms with van der Waals surface area (Å²) >= 11 is 6.29. The van der Waals surface area contributed by atoms with Crippen LogP contribution in [0.25, 0.3) is 0 Å². The maximum atomic E-state index is 12.7. The number of methoxy groups -OCH3 is 1. The van der Waals surface area contributed by atoms with Crippen LogP contribution in [0.4, 0.5) is 11.4 Å². The number of hydrogen-bond acceptors (Lipinski definition) is 6. The summed E-state index contributed by atoms with van der Waals surface area (Å²) in [5.74, 6) is -0.971. The first-order valence-electron chi connectivity index (χ1n) is 9.86. The number of carbonyl (C=O) groups is 2. The summed E-state index contributed by atoms with van der Waals surface area (Å²) in [4.78, 5) is 24.2. The largest absolute Gasteiger partial charge is 0.465 e. The minimum atomic E-state index is -4.00. The number of nitrogens with one attached hydrogen (secondary N) is 2. The Hall–Kier alpha value is -3.37. The van der Waals surface area contributed by atoms with Gasteiger partial charge in [0.2, 0.25) is 5.91 Å². The first-order chi connectivity index (χ1) is 15.5. The molecule has 9 nitrogen and oxygen atoms in total. The topological polar surface area (TPSA) is 119 Å². The molecule has 2 N–H and O–H groups in total. The van der Waals surface area contributed by atoms with Gasteiger partial charge in [0.1, 0.15) is 6.04 Å². The summed E-state index contributed by atoms with van der Waals surface area (Å²) in [5.41, 5.74) is 2.27. The molecule has 1 aromatic heterocycles. The van der Waals surface area contributed by atoms with Gasteiger partial charge < -0.3 is 10.1 Å². The van der Waals surface area contributed by atoms with Crippen LogP contribution in [0.1, 0.15) is 34.7 Å². The third-order valence-corrected chi connectivity index (χ3v) is 6.53. The normalized spacial score (nSPS) is 12.2. The van der Waals surface area contributed by atoms with E-state index in [9.17, 15) is 18.0 Å². The number of aromatic nitrogens is 2. The lowest BCUT2D eigenvalue weighted by atomic mass is 10.2. The van der Waals surface area contributed by atoms with Crippen molar-refractivity contribution in [2.24, 2.45) is 0 Å². The highest BCUT2D eigenvalue weighted by atomic mass is 35.5. The lowest BCUT2D eigenvalue weighted by molar-refractivity contribution is -0.119. The molecule has 0 spiro atoms. The SMILES string of the molecule is COC(=O)c1cccc(S(=O)(=O)Nc2ccc(NC(=O)C(C)n3nc(C)cc3C)c(Cl)c2)c1. The van der Waals surface area contributed by atoms with Gasteiger partial charge in [-0.2, -0.15) is 5.10 Å². The van der Waals surface area contributed by atoms with E-state index in [-0.39, 0.29) is 27.1 Å². The molecule has 0 aliphatic heterocycles. The maximum Gasteiger partial charge on any atom is 0.337 e. The quantitative estimate of drug-likeness (QED) is 0.484. The smallest absolute Gasteiger partial charge is 0.337 e. The second-order valence-corrected chi connectivity index (χ2v) is 9.45. The molecule has 1 unspecified atom stereocenters. The molecular formula is C22H23ClN4O5S. The third-order valence-electron chi connectivity index (χ3n) is 4.84. The number of carbonyl (C=O) groups excluding carboxylic acids is 2. The van der Waals surface area contributed by atoms with Crippen LogP contribution < -0.4 is 10.0 Å². The molecule has 1 amide bonds. The highest BCUT2D eigenvalue weighted by Crippen LogP contribution is 2.28. The average molecular weight is 491 g/mol. The Morgan fingerprint density at radius 3 is 2.45 bits per heavy atom. The minimum absolute atomic E-state index is 0.105. The summed E-state index contributed by atoms with van der Waals surface area (Å²) in [7, 11) is -2.79. The fraction of sp³-hybridized carbons (Fsp3) is 0.227. The summed E-state index contributed by atoms with van der Waals surface area (Å²) in [6.45, 7) is 5.42. The van der Waals surface area contributed by atoms with Crippen LogP contribution in [-0.2, 0) is 19.6 Å². The molecule has 0 saturated heterocycles. The average Bonchev–Trinajstić information content (AvgIpc) is 3.12. The van der Waals surface area contributed by atoms with Crippen molar-refractivity contribution < 1.29 is 22.7 Å². The summed E-state index contributed by atoms with van der Waals surface area (Å²) in [6, 6.07) is 11.1. The number of esters is 1. The van der Waals surface area contributed by atoms with Gasteiger partial charge in [0.25, 0.3) is 10.0 Å². The number of benzene rings is 2. The molecule has 3 rings (SSSR count). The number of anilines is 2. The van der Waals surface area contributed by atoms with Crippen LogP contribution in [0.5, 0.6) is 0 Å². The van der Waals surface area contributed by atoms with Crippen molar-refractivity contribution in [3.05, 3.63) is 70.5 Å². The summed E-state index contributed by atoms with van der Waals surface area (Å²) in [6.07, 6.45) is 0. The second kappa shape index (κ2) is 9.63. The number of aryl methyl sites for hydroxylation is 2. The van der Waals surface area contributed by atoms with Gasteiger partial charge >= 0.3 is 5.97 Å². The Morgan fingerprint density at radius 2 is 1.85 bits per heavy atom. The zero-order valence-electron chi connectivity index (χ0n) is 18.4.